The van der Waals surface area contributed by atoms with Gasteiger partial charge in [0.1, 0.15) is 0 Å². The van der Waals surface area contributed by atoms with Crippen LogP contribution in [0.4, 0.5) is 0 Å². The van der Waals surface area contributed by atoms with Gasteiger partial charge < -0.3 is 0 Å². The molecule has 0 N–H and O–H groups in total. The maximum atomic E-state index is 2.46. The highest BCUT2D eigenvalue weighted by atomic mass is 14.4. The molecule has 0 heterocycles. The topological polar surface area (TPSA) is 0 Å². The van der Waals surface area contributed by atoms with E-state index in [0.29, 0.717) is 10.8 Å². The van der Waals surface area contributed by atoms with E-state index >= 15 is 0 Å². The van der Waals surface area contributed by atoms with Crippen LogP contribution in [-0.4, -0.2) is 0 Å². The summed E-state index contributed by atoms with van der Waals surface area (Å²) in [5.41, 5.74) is 23.3. The summed E-state index contributed by atoms with van der Waals surface area (Å²) in [5, 5.41) is 0. The number of benzene rings is 7. The third kappa shape index (κ3) is 30.5. The summed E-state index contributed by atoms with van der Waals surface area (Å²) in [6.45, 7) is 46.7. The summed E-state index contributed by atoms with van der Waals surface area (Å²) in [4.78, 5) is 0. The quantitative estimate of drug-likeness (QED) is 0.135. The van der Waals surface area contributed by atoms with Crippen LogP contribution in [0.2, 0.25) is 0 Å². The zero-order valence-electron chi connectivity index (χ0n) is 59.9. The van der Waals surface area contributed by atoms with E-state index < -0.39 is 0 Å². The Morgan fingerprint density at radius 3 is 1.14 bits per heavy atom. The van der Waals surface area contributed by atoms with E-state index in [1.807, 2.05) is 13.8 Å². The Morgan fingerprint density at radius 2 is 0.759 bits per heavy atom. The van der Waals surface area contributed by atoms with E-state index in [4.69, 9.17) is 0 Å². The lowest BCUT2D eigenvalue weighted by Crippen LogP contribution is -2.34. The number of aryl methyl sites for hydroxylation is 11. The van der Waals surface area contributed by atoms with E-state index in [9.17, 15) is 0 Å². The predicted molar refractivity (Wildman–Crippen MR) is 390 cm³/mol. The molecule has 3 aliphatic carbocycles. The molecule has 87 heavy (non-hydrogen) atoms. The highest BCUT2D eigenvalue weighted by Crippen LogP contribution is 2.50. The van der Waals surface area contributed by atoms with E-state index in [-0.39, 0.29) is 0 Å². The monoisotopic (exact) mass is 1170 g/mol. The Morgan fingerprint density at radius 1 is 0.356 bits per heavy atom. The molecule has 0 spiro atoms. The molecule has 0 nitrogen and oxygen atoms in total. The van der Waals surface area contributed by atoms with Gasteiger partial charge in [-0.15, -0.1) is 0 Å². The molecule has 2 unspecified atom stereocenters. The van der Waals surface area contributed by atoms with Crippen LogP contribution < -0.4 is 0 Å². The molecule has 3 fully saturated rings. The summed E-state index contributed by atoms with van der Waals surface area (Å²) in [5.74, 6) is 5.16. The molecule has 7 aromatic carbocycles. The van der Waals surface area contributed by atoms with E-state index in [1.54, 1.807) is 6.42 Å². The molecule has 7 aromatic rings. The average molecular weight is 1170 g/mol. The summed E-state index contributed by atoms with van der Waals surface area (Å²) in [6.07, 6.45) is 23.7. The van der Waals surface area contributed by atoms with Crippen molar-refractivity contribution in [2.75, 3.05) is 0 Å². The standard InChI is InChI=1S/C15H28.2C15H16.C12H24.C10H14.2C9H12.C2H6/c2*1-12-3-7-14(8-4-12)11-15-9-5-13(2)6-10-15;1-12-7-9-14(10-8-12)11-15-6-4-3-5-13(15)2;1-6-12(5)8-10(2)7-11(3,4)9-12;1-3-9-6-5-7-10(4-2)8-9;1-7-4-5-8(2)9(3)6-7;1-7-5-4-6-8(2)9(7)3;1-2/h12-15H,3-11H2,1-2H3;2*3-10H,11H2,1-2H3;10H,6-9H2,1-5H3;5-8H,3-4H2,1-2H3;2*4-6H,1-3H3;1-2H3. The summed E-state index contributed by atoms with van der Waals surface area (Å²) in [7, 11) is 0. The molecular weight excluding hydrogens is 1040 g/mol. The SMILES string of the molecule is CC.CC1CCC(CC2CCC(C)CC2)CC1.CCC1(C)CC(C)CC(C)(C)C1.CCc1cccc(CC)c1.Cc1ccc(C)c(C)c1.Cc1ccc(Cc2ccc(C)cc2)cc1.Cc1ccc(Cc2ccccc2C)cc1.Cc1cccc(C)c1C. The van der Waals surface area contributed by atoms with Gasteiger partial charge in [-0.05, 0) is 228 Å². The molecule has 0 aromatic heterocycles. The molecule has 0 saturated heterocycles. The van der Waals surface area contributed by atoms with Gasteiger partial charge in [-0.25, -0.2) is 0 Å². The van der Waals surface area contributed by atoms with Gasteiger partial charge in [-0.1, -0.05) is 314 Å². The second-order valence-electron chi connectivity index (χ2n) is 28.4. The highest BCUT2D eigenvalue weighted by molar-refractivity contribution is 5.34. The summed E-state index contributed by atoms with van der Waals surface area (Å²) < 4.78 is 0. The third-order valence-corrected chi connectivity index (χ3v) is 19.2. The minimum atomic E-state index is 0.586. The zero-order valence-corrected chi connectivity index (χ0v) is 59.9. The summed E-state index contributed by atoms with van der Waals surface area (Å²) in [6, 6.07) is 56.5. The lowest BCUT2D eigenvalue weighted by Gasteiger charge is -2.45. The molecule has 0 radical (unpaired) electrons. The smallest absolute Gasteiger partial charge is 0.00231 e. The second-order valence-corrected chi connectivity index (χ2v) is 28.4. The van der Waals surface area contributed by atoms with Crippen molar-refractivity contribution >= 4 is 0 Å². The molecule has 0 heteroatoms. The van der Waals surface area contributed by atoms with Crippen LogP contribution in [0.5, 0.6) is 0 Å². The second kappa shape index (κ2) is 40.2. The van der Waals surface area contributed by atoms with Gasteiger partial charge in [0, 0.05) is 0 Å². The van der Waals surface area contributed by atoms with Gasteiger partial charge in [0.15, 0.2) is 0 Å². The molecule has 3 aliphatic rings. The largest absolute Gasteiger partial charge is 0.0683 e. The fraction of sp³-hybridized carbons (Fsp3) is 0.517. The van der Waals surface area contributed by atoms with Crippen molar-refractivity contribution in [2.45, 2.75) is 255 Å². The van der Waals surface area contributed by atoms with Gasteiger partial charge in [0.25, 0.3) is 0 Å². The van der Waals surface area contributed by atoms with Gasteiger partial charge in [-0.2, -0.15) is 0 Å². The van der Waals surface area contributed by atoms with Crippen LogP contribution in [0.15, 0.2) is 158 Å². The van der Waals surface area contributed by atoms with Crippen molar-refractivity contribution < 1.29 is 0 Å². The number of hydrogen-bond acceptors (Lipinski definition) is 0. The molecule has 476 valence electrons. The van der Waals surface area contributed by atoms with Crippen LogP contribution in [0.1, 0.15) is 249 Å². The Hall–Kier alpha value is -5.46. The molecule has 0 aliphatic heterocycles. The number of rotatable bonds is 9. The first-order valence-corrected chi connectivity index (χ1v) is 34.7. The minimum absolute atomic E-state index is 0.586. The van der Waals surface area contributed by atoms with Gasteiger partial charge in [0.2, 0.25) is 0 Å². The Kier molecular flexibility index (Phi) is 35.0. The van der Waals surface area contributed by atoms with Crippen molar-refractivity contribution in [2.24, 2.45) is 40.4 Å². The normalized spacial score (nSPS) is 19.8. The highest BCUT2D eigenvalue weighted by Gasteiger charge is 2.38. The summed E-state index contributed by atoms with van der Waals surface area (Å²) >= 11 is 0. The molecule has 0 bridgehead atoms. The zero-order chi connectivity index (χ0) is 64.5. The first-order valence-electron chi connectivity index (χ1n) is 34.7. The lowest BCUT2D eigenvalue weighted by atomic mass is 9.60. The third-order valence-electron chi connectivity index (χ3n) is 19.2. The van der Waals surface area contributed by atoms with Crippen molar-refractivity contribution in [1.29, 1.82) is 0 Å². The fourth-order valence-electron chi connectivity index (χ4n) is 13.3. The van der Waals surface area contributed by atoms with Crippen molar-refractivity contribution in [1.82, 2.24) is 0 Å². The Bertz CT molecular complexity index is 2810. The van der Waals surface area contributed by atoms with Crippen LogP contribution in [0, 0.1) is 110 Å². The van der Waals surface area contributed by atoms with Crippen LogP contribution in [0.3, 0.4) is 0 Å². The van der Waals surface area contributed by atoms with Gasteiger partial charge in [-0.3, -0.25) is 0 Å². The van der Waals surface area contributed by atoms with Crippen molar-refractivity contribution in [3.63, 3.8) is 0 Å². The van der Waals surface area contributed by atoms with E-state index in [2.05, 4.69) is 289 Å². The first-order chi connectivity index (χ1) is 41.4. The molecule has 3 saturated carbocycles. The Balaban J connectivity index is 0.000000267. The molecule has 10 rings (SSSR count). The van der Waals surface area contributed by atoms with Crippen molar-refractivity contribution in [3.8, 4) is 0 Å². The van der Waals surface area contributed by atoms with E-state index in [0.717, 1.165) is 55.3 Å². The van der Waals surface area contributed by atoms with Crippen LogP contribution >= 0.6 is 0 Å². The average Bonchev–Trinajstić information content (AvgIpc) is 3.21. The van der Waals surface area contributed by atoms with Gasteiger partial charge in [0.05, 0.1) is 0 Å². The number of hydrogen-bond donors (Lipinski definition) is 0. The predicted octanol–water partition coefficient (Wildman–Crippen LogP) is 26.1. The molecular formula is C87H128. The maximum absolute atomic E-state index is 2.46. The van der Waals surface area contributed by atoms with Crippen molar-refractivity contribution in [3.05, 3.63) is 247 Å². The van der Waals surface area contributed by atoms with E-state index in [1.165, 1.54) is 166 Å². The Labute approximate surface area is 538 Å². The minimum Gasteiger partial charge on any atom is -0.0683 e. The van der Waals surface area contributed by atoms with Gasteiger partial charge >= 0.3 is 0 Å². The maximum Gasteiger partial charge on any atom is -0.00231 e. The fourth-order valence-corrected chi connectivity index (χ4v) is 13.3. The van der Waals surface area contributed by atoms with Crippen LogP contribution in [0.25, 0.3) is 0 Å². The van der Waals surface area contributed by atoms with Crippen LogP contribution in [-0.2, 0) is 25.7 Å². The first kappa shape index (κ1) is 75.8. The lowest BCUT2D eigenvalue weighted by molar-refractivity contribution is 0.0581. The molecule has 0 amide bonds. The molecule has 2 atom stereocenters.